The number of carbonyl (C=O) groups is 1. The topological polar surface area (TPSA) is 61.8 Å². The highest BCUT2D eigenvalue weighted by atomic mass is 19.3. The highest BCUT2D eigenvalue weighted by Gasteiger charge is 2.32. The fourth-order valence-corrected chi connectivity index (χ4v) is 2.27. The molecule has 0 radical (unpaired) electrons. The quantitative estimate of drug-likeness (QED) is 0.811. The lowest BCUT2D eigenvalue weighted by Crippen LogP contribution is -2.42. The molecule has 1 aromatic rings. The number of aryl methyl sites for hydroxylation is 1. The smallest absolute Gasteiger partial charge is 0.387 e. The number of aliphatic hydroxyl groups is 1. The standard InChI is InChI=1S/C15H20F2N2O3/c1-10-2-5-13(22-14(16)17)11(8-10)9-18-15(21)19(6-7-20)12-3-4-12/h2,5,8,12,14,20H,3-4,6-7,9H2,1H3,(H,18,21). The van der Waals surface area contributed by atoms with Crippen molar-refractivity contribution < 1.29 is 23.4 Å². The van der Waals surface area contributed by atoms with E-state index >= 15 is 0 Å². The molecule has 0 bridgehead atoms. The summed E-state index contributed by atoms with van der Waals surface area (Å²) in [5.74, 6) is 0.0565. The van der Waals surface area contributed by atoms with Crippen LogP contribution < -0.4 is 10.1 Å². The number of amides is 2. The van der Waals surface area contributed by atoms with Crippen LogP contribution in [0, 0.1) is 6.92 Å². The summed E-state index contributed by atoms with van der Waals surface area (Å²) in [5.41, 5.74) is 1.38. The molecule has 0 aliphatic heterocycles. The highest BCUT2D eigenvalue weighted by Crippen LogP contribution is 2.27. The Morgan fingerprint density at radius 1 is 1.50 bits per heavy atom. The molecule has 22 heavy (non-hydrogen) atoms. The van der Waals surface area contributed by atoms with Crippen molar-refractivity contribution in [3.05, 3.63) is 29.3 Å². The summed E-state index contributed by atoms with van der Waals surface area (Å²) in [6, 6.07) is 4.70. The molecule has 5 nitrogen and oxygen atoms in total. The lowest BCUT2D eigenvalue weighted by molar-refractivity contribution is -0.0504. The molecular formula is C15H20F2N2O3. The van der Waals surface area contributed by atoms with E-state index in [2.05, 4.69) is 10.1 Å². The van der Waals surface area contributed by atoms with Gasteiger partial charge in [0.25, 0.3) is 0 Å². The van der Waals surface area contributed by atoms with E-state index in [0.717, 1.165) is 18.4 Å². The zero-order valence-corrected chi connectivity index (χ0v) is 12.4. The van der Waals surface area contributed by atoms with E-state index < -0.39 is 6.61 Å². The van der Waals surface area contributed by atoms with Crippen molar-refractivity contribution in [3.8, 4) is 5.75 Å². The molecule has 1 aliphatic rings. The second kappa shape index (κ2) is 7.40. The first-order valence-corrected chi connectivity index (χ1v) is 7.21. The lowest BCUT2D eigenvalue weighted by atomic mass is 10.1. The van der Waals surface area contributed by atoms with Crippen LogP contribution in [-0.4, -0.2) is 41.8 Å². The summed E-state index contributed by atoms with van der Waals surface area (Å²) < 4.78 is 29.3. The van der Waals surface area contributed by atoms with Crippen LogP contribution >= 0.6 is 0 Å². The van der Waals surface area contributed by atoms with Crippen molar-refractivity contribution >= 4 is 6.03 Å². The fourth-order valence-electron chi connectivity index (χ4n) is 2.27. The Kier molecular flexibility index (Phi) is 5.54. The fraction of sp³-hybridized carbons (Fsp3) is 0.533. The number of hydrogen-bond acceptors (Lipinski definition) is 3. The number of halogens is 2. The van der Waals surface area contributed by atoms with Crippen LogP contribution in [0.1, 0.15) is 24.0 Å². The summed E-state index contributed by atoms with van der Waals surface area (Å²) in [5, 5.41) is 11.7. The second-order valence-electron chi connectivity index (χ2n) is 5.30. The van der Waals surface area contributed by atoms with Crippen molar-refractivity contribution in [2.45, 2.75) is 39.0 Å². The Balaban J connectivity index is 2.00. The van der Waals surface area contributed by atoms with Crippen LogP contribution in [0.5, 0.6) is 5.75 Å². The van der Waals surface area contributed by atoms with Crippen molar-refractivity contribution in [1.82, 2.24) is 10.2 Å². The van der Waals surface area contributed by atoms with Gasteiger partial charge in [-0.2, -0.15) is 8.78 Å². The minimum Gasteiger partial charge on any atom is -0.434 e. The van der Waals surface area contributed by atoms with E-state index in [-0.39, 0.29) is 37.5 Å². The summed E-state index contributed by atoms with van der Waals surface area (Å²) in [7, 11) is 0. The Morgan fingerprint density at radius 2 is 2.23 bits per heavy atom. The molecule has 122 valence electrons. The number of benzene rings is 1. The van der Waals surface area contributed by atoms with Crippen molar-refractivity contribution in [3.63, 3.8) is 0 Å². The highest BCUT2D eigenvalue weighted by molar-refractivity contribution is 5.75. The van der Waals surface area contributed by atoms with Gasteiger partial charge < -0.3 is 20.1 Å². The number of nitrogens with zero attached hydrogens (tertiary/aromatic N) is 1. The van der Waals surface area contributed by atoms with Gasteiger partial charge >= 0.3 is 12.6 Å². The first kappa shape index (κ1) is 16.5. The van der Waals surface area contributed by atoms with Gasteiger partial charge in [-0.15, -0.1) is 0 Å². The Hall–Kier alpha value is -1.89. The summed E-state index contributed by atoms with van der Waals surface area (Å²) in [6.45, 7) is -0.815. The van der Waals surface area contributed by atoms with Crippen molar-refractivity contribution in [2.75, 3.05) is 13.2 Å². The van der Waals surface area contributed by atoms with Gasteiger partial charge in [0.2, 0.25) is 0 Å². The molecule has 1 fully saturated rings. The molecule has 2 N–H and O–H groups in total. The molecule has 7 heteroatoms. The van der Waals surface area contributed by atoms with Gasteiger partial charge in [-0.25, -0.2) is 4.79 Å². The maximum atomic E-state index is 12.4. The molecule has 1 aromatic carbocycles. The predicted molar refractivity (Wildman–Crippen MR) is 76.9 cm³/mol. The average Bonchev–Trinajstić information content (AvgIpc) is 3.28. The van der Waals surface area contributed by atoms with Crippen LogP contribution in [0.15, 0.2) is 18.2 Å². The third-order valence-corrected chi connectivity index (χ3v) is 3.45. The number of alkyl halides is 2. The largest absolute Gasteiger partial charge is 0.434 e. The van der Waals surface area contributed by atoms with E-state index in [1.807, 2.05) is 6.92 Å². The third kappa shape index (κ3) is 4.56. The Bertz CT molecular complexity index is 522. The zero-order chi connectivity index (χ0) is 16.1. The van der Waals surface area contributed by atoms with E-state index in [9.17, 15) is 13.6 Å². The molecule has 2 rings (SSSR count). The molecule has 0 heterocycles. The first-order chi connectivity index (χ1) is 10.5. The predicted octanol–water partition coefficient (Wildman–Crippen LogP) is 2.26. The molecule has 1 aliphatic carbocycles. The molecule has 2 amide bonds. The monoisotopic (exact) mass is 314 g/mol. The lowest BCUT2D eigenvalue weighted by Gasteiger charge is -2.22. The minimum absolute atomic E-state index is 0.0565. The molecular weight excluding hydrogens is 294 g/mol. The van der Waals surface area contributed by atoms with Crippen LogP contribution in [0.2, 0.25) is 0 Å². The van der Waals surface area contributed by atoms with E-state index in [4.69, 9.17) is 5.11 Å². The maximum Gasteiger partial charge on any atom is 0.387 e. The normalized spacial score (nSPS) is 14.0. The SMILES string of the molecule is Cc1ccc(OC(F)F)c(CNC(=O)N(CCO)C2CC2)c1. The Labute approximate surface area is 127 Å². The molecule has 0 unspecified atom stereocenters. The van der Waals surface area contributed by atoms with E-state index in [1.165, 1.54) is 6.07 Å². The van der Waals surface area contributed by atoms with Crippen LogP contribution in [0.3, 0.4) is 0 Å². The first-order valence-electron chi connectivity index (χ1n) is 7.21. The van der Waals surface area contributed by atoms with Gasteiger partial charge in [0.15, 0.2) is 0 Å². The second-order valence-corrected chi connectivity index (χ2v) is 5.30. The molecule has 0 saturated heterocycles. The third-order valence-electron chi connectivity index (χ3n) is 3.45. The number of ether oxygens (including phenoxy) is 1. The Morgan fingerprint density at radius 3 is 2.82 bits per heavy atom. The number of nitrogens with one attached hydrogen (secondary N) is 1. The minimum atomic E-state index is -2.91. The van der Waals surface area contributed by atoms with E-state index in [1.54, 1.807) is 17.0 Å². The number of aliphatic hydroxyl groups excluding tert-OH is 1. The number of carbonyl (C=O) groups excluding carboxylic acids is 1. The van der Waals surface area contributed by atoms with Gasteiger partial charge in [0.05, 0.1) is 6.61 Å². The van der Waals surface area contributed by atoms with Crippen LogP contribution in [0.4, 0.5) is 13.6 Å². The van der Waals surface area contributed by atoms with Crippen molar-refractivity contribution in [1.29, 1.82) is 0 Å². The van der Waals surface area contributed by atoms with Gasteiger partial charge in [-0.1, -0.05) is 17.7 Å². The number of urea groups is 1. The van der Waals surface area contributed by atoms with Gasteiger partial charge in [0, 0.05) is 24.7 Å². The van der Waals surface area contributed by atoms with Crippen LogP contribution in [-0.2, 0) is 6.54 Å². The number of rotatable bonds is 7. The molecule has 0 spiro atoms. The van der Waals surface area contributed by atoms with Gasteiger partial charge in [-0.3, -0.25) is 0 Å². The summed E-state index contributed by atoms with van der Waals surface area (Å²) in [6.07, 6.45) is 1.86. The van der Waals surface area contributed by atoms with Gasteiger partial charge in [-0.05, 0) is 25.8 Å². The van der Waals surface area contributed by atoms with Gasteiger partial charge in [0.1, 0.15) is 5.75 Å². The maximum absolute atomic E-state index is 12.4. The summed E-state index contributed by atoms with van der Waals surface area (Å²) >= 11 is 0. The van der Waals surface area contributed by atoms with E-state index in [0.29, 0.717) is 5.56 Å². The molecule has 0 atom stereocenters. The average molecular weight is 314 g/mol. The molecule has 0 aromatic heterocycles. The molecule has 1 saturated carbocycles. The van der Waals surface area contributed by atoms with Crippen molar-refractivity contribution in [2.24, 2.45) is 0 Å². The van der Waals surface area contributed by atoms with Crippen LogP contribution in [0.25, 0.3) is 0 Å². The zero-order valence-electron chi connectivity index (χ0n) is 12.4. The number of hydrogen-bond donors (Lipinski definition) is 2. The summed E-state index contributed by atoms with van der Waals surface area (Å²) in [4.78, 5) is 13.7.